The SMILES string of the molecule is CCOC(=O)C1(C(=O)OCC)Cc2c(O)c(C(C)=O)c(-c3ccc(F)cc3)c(C#Cc3ccc(F)cc3)c2C1. The summed E-state index contributed by atoms with van der Waals surface area (Å²) in [5, 5.41) is 11.4. The van der Waals surface area contributed by atoms with Crippen molar-refractivity contribution in [3.63, 3.8) is 0 Å². The smallest absolute Gasteiger partial charge is 0.324 e. The number of hydrogen-bond donors (Lipinski definition) is 1. The average molecular weight is 533 g/mol. The number of halogens is 2. The van der Waals surface area contributed by atoms with Crippen molar-refractivity contribution in [3.05, 3.63) is 88.0 Å². The molecule has 200 valence electrons. The molecule has 8 heteroatoms. The van der Waals surface area contributed by atoms with Crippen LogP contribution >= 0.6 is 0 Å². The molecular weight excluding hydrogens is 506 g/mol. The van der Waals surface area contributed by atoms with Crippen LogP contribution in [0.5, 0.6) is 5.75 Å². The fraction of sp³-hybridized carbons (Fsp3) is 0.258. The second-order valence-corrected chi connectivity index (χ2v) is 9.13. The van der Waals surface area contributed by atoms with E-state index in [1.165, 1.54) is 55.5 Å². The maximum absolute atomic E-state index is 13.8. The molecule has 0 spiro atoms. The van der Waals surface area contributed by atoms with E-state index in [1.54, 1.807) is 13.8 Å². The maximum Gasteiger partial charge on any atom is 0.324 e. The molecule has 1 aliphatic carbocycles. The van der Waals surface area contributed by atoms with Gasteiger partial charge in [-0.3, -0.25) is 14.4 Å². The van der Waals surface area contributed by atoms with E-state index < -0.39 is 34.8 Å². The van der Waals surface area contributed by atoms with Crippen LogP contribution in [-0.4, -0.2) is 36.0 Å². The largest absolute Gasteiger partial charge is 0.507 e. The lowest BCUT2D eigenvalue weighted by Crippen LogP contribution is -2.43. The van der Waals surface area contributed by atoms with E-state index >= 15 is 0 Å². The number of rotatable bonds is 6. The molecule has 0 aliphatic heterocycles. The van der Waals surface area contributed by atoms with Crippen LogP contribution in [0.15, 0.2) is 48.5 Å². The van der Waals surface area contributed by atoms with Gasteiger partial charge in [0.05, 0.1) is 18.8 Å². The van der Waals surface area contributed by atoms with Crippen LogP contribution in [0.3, 0.4) is 0 Å². The topological polar surface area (TPSA) is 89.9 Å². The molecule has 0 bridgehead atoms. The minimum atomic E-state index is -1.80. The lowest BCUT2D eigenvalue weighted by Gasteiger charge is -2.24. The number of esters is 2. The molecule has 0 atom stereocenters. The van der Waals surface area contributed by atoms with E-state index in [0.29, 0.717) is 16.7 Å². The summed E-state index contributed by atoms with van der Waals surface area (Å²) in [6.45, 7) is 4.51. The van der Waals surface area contributed by atoms with Crippen molar-refractivity contribution in [2.75, 3.05) is 13.2 Å². The van der Waals surface area contributed by atoms with E-state index in [1.807, 2.05) is 0 Å². The van der Waals surface area contributed by atoms with Crippen molar-refractivity contribution >= 4 is 17.7 Å². The minimum Gasteiger partial charge on any atom is -0.507 e. The third-order valence-corrected chi connectivity index (χ3v) is 6.64. The molecule has 1 N–H and O–H groups in total. The van der Waals surface area contributed by atoms with Gasteiger partial charge in [-0.25, -0.2) is 8.78 Å². The van der Waals surface area contributed by atoms with E-state index in [2.05, 4.69) is 11.8 Å². The van der Waals surface area contributed by atoms with E-state index in [4.69, 9.17) is 9.47 Å². The Morgan fingerprint density at radius 2 is 1.36 bits per heavy atom. The quantitative estimate of drug-likeness (QED) is 0.204. The van der Waals surface area contributed by atoms with Gasteiger partial charge in [-0.15, -0.1) is 0 Å². The summed E-state index contributed by atoms with van der Waals surface area (Å²) in [5.74, 6) is 2.52. The van der Waals surface area contributed by atoms with Gasteiger partial charge in [-0.05, 0) is 68.3 Å². The highest BCUT2D eigenvalue weighted by Crippen LogP contribution is 2.49. The average Bonchev–Trinajstić information content (AvgIpc) is 3.32. The number of carbonyl (C=O) groups excluding carboxylic acids is 3. The van der Waals surface area contributed by atoms with Crippen molar-refractivity contribution in [1.82, 2.24) is 0 Å². The number of hydrogen-bond acceptors (Lipinski definition) is 6. The Morgan fingerprint density at radius 3 is 1.87 bits per heavy atom. The van der Waals surface area contributed by atoms with Gasteiger partial charge in [-0.2, -0.15) is 0 Å². The second kappa shape index (κ2) is 11.1. The van der Waals surface area contributed by atoms with Gasteiger partial charge in [0, 0.05) is 35.1 Å². The van der Waals surface area contributed by atoms with Crippen LogP contribution in [0.4, 0.5) is 8.78 Å². The number of ether oxygens (including phenoxy) is 2. The molecule has 0 heterocycles. The second-order valence-electron chi connectivity index (χ2n) is 9.13. The van der Waals surface area contributed by atoms with Gasteiger partial charge in [0.15, 0.2) is 11.2 Å². The lowest BCUT2D eigenvalue weighted by atomic mass is 9.84. The van der Waals surface area contributed by atoms with Gasteiger partial charge in [-0.1, -0.05) is 24.0 Å². The Kier molecular flexibility index (Phi) is 7.82. The number of benzene rings is 3. The molecule has 0 amide bonds. The number of phenols is 1. The summed E-state index contributed by atoms with van der Waals surface area (Å²) in [5.41, 5.74) is 0.0698. The zero-order valence-electron chi connectivity index (χ0n) is 21.7. The van der Waals surface area contributed by atoms with Crippen molar-refractivity contribution in [2.24, 2.45) is 5.41 Å². The first-order valence-corrected chi connectivity index (χ1v) is 12.4. The molecule has 3 aromatic carbocycles. The van der Waals surface area contributed by atoms with Crippen LogP contribution in [0.1, 0.15) is 53.4 Å². The number of carbonyl (C=O) groups is 3. The third-order valence-electron chi connectivity index (χ3n) is 6.64. The molecule has 6 nitrogen and oxygen atoms in total. The van der Waals surface area contributed by atoms with Crippen LogP contribution in [0.2, 0.25) is 0 Å². The predicted octanol–water partition coefficient (Wildman–Crippen LogP) is 5.15. The summed E-state index contributed by atoms with van der Waals surface area (Å²) >= 11 is 0. The molecule has 0 unspecified atom stereocenters. The molecule has 3 aromatic rings. The first-order chi connectivity index (χ1) is 18.6. The van der Waals surface area contributed by atoms with Crippen molar-refractivity contribution < 1.29 is 37.7 Å². The van der Waals surface area contributed by atoms with Crippen LogP contribution < -0.4 is 0 Å². The minimum absolute atomic E-state index is 0.0130. The number of fused-ring (bicyclic) bond motifs is 1. The normalized spacial score (nSPS) is 13.2. The zero-order valence-corrected chi connectivity index (χ0v) is 21.7. The molecule has 0 radical (unpaired) electrons. The van der Waals surface area contributed by atoms with E-state index in [9.17, 15) is 28.3 Å². The Morgan fingerprint density at radius 1 is 0.846 bits per heavy atom. The Labute approximate surface area is 224 Å². The van der Waals surface area contributed by atoms with Crippen molar-refractivity contribution in [1.29, 1.82) is 0 Å². The first kappa shape index (κ1) is 27.5. The molecule has 39 heavy (non-hydrogen) atoms. The zero-order chi connectivity index (χ0) is 28.3. The Bertz CT molecular complexity index is 1490. The molecule has 1 aliphatic rings. The molecular formula is C31H26F2O6. The highest BCUT2D eigenvalue weighted by molar-refractivity contribution is 6.07. The Balaban J connectivity index is 2.06. The molecule has 0 saturated heterocycles. The highest BCUT2D eigenvalue weighted by Gasteiger charge is 2.55. The summed E-state index contributed by atoms with van der Waals surface area (Å²) in [7, 11) is 0. The van der Waals surface area contributed by atoms with Crippen LogP contribution in [0, 0.1) is 28.9 Å². The van der Waals surface area contributed by atoms with Crippen molar-refractivity contribution in [3.8, 4) is 28.7 Å². The molecule has 0 fully saturated rings. The standard InChI is InChI=1S/C31H26F2O6/c1-4-38-29(36)31(30(37)39-5-2)16-24-23(15-8-19-6-11-21(32)12-7-19)27(20-9-13-22(33)14-10-20)26(18(3)34)28(35)25(24)17-31/h6-7,9-14,35H,4-5,16-17H2,1-3H3. The van der Waals surface area contributed by atoms with Crippen LogP contribution in [-0.2, 0) is 31.9 Å². The summed E-state index contributed by atoms with van der Waals surface area (Å²) < 4.78 is 37.8. The van der Waals surface area contributed by atoms with Gasteiger partial charge >= 0.3 is 11.9 Å². The van der Waals surface area contributed by atoms with Gasteiger partial charge in [0.1, 0.15) is 17.4 Å². The third kappa shape index (κ3) is 5.13. The summed E-state index contributed by atoms with van der Waals surface area (Å²) in [6.07, 6.45) is -0.464. The summed E-state index contributed by atoms with van der Waals surface area (Å²) in [4.78, 5) is 39.3. The highest BCUT2D eigenvalue weighted by atomic mass is 19.1. The fourth-order valence-electron chi connectivity index (χ4n) is 4.85. The first-order valence-electron chi connectivity index (χ1n) is 12.4. The van der Waals surface area contributed by atoms with Gasteiger partial charge < -0.3 is 14.6 Å². The summed E-state index contributed by atoms with van der Waals surface area (Å²) in [6, 6.07) is 10.8. The monoisotopic (exact) mass is 532 g/mol. The van der Waals surface area contributed by atoms with E-state index in [0.717, 1.165) is 0 Å². The van der Waals surface area contributed by atoms with Gasteiger partial charge in [0.25, 0.3) is 0 Å². The number of Topliss-reactive ketones (excluding diaryl/α,β-unsaturated/α-hetero) is 1. The molecule has 0 saturated carbocycles. The molecule has 4 rings (SSSR count). The van der Waals surface area contributed by atoms with E-state index in [-0.39, 0.29) is 54.1 Å². The number of ketones is 1. The molecule has 0 aromatic heterocycles. The predicted molar refractivity (Wildman–Crippen MR) is 139 cm³/mol. The lowest BCUT2D eigenvalue weighted by molar-refractivity contribution is -0.171. The Hall–Kier alpha value is -4.51. The van der Waals surface area contributed by atoms with Crippen molar-refractivity contribution in [2.45, 2.75) is 33.6 Å². The number of phenolic OH excluding ortho intramolecular Hbond substituents is 1. The maximum atomic E-state index is 13.8. The van der Waals surface area contributed by atoms with Gasteiger partial charge in [0.2, 0.25) is 0 Å². The number of aromatic hydroxyl groups is 1. The van der Waals surface area contributed by atoms with Crippen LogP contribution in [0.25, 0.3) is 11.1 Å². The fourth-order valence-corrected chi connectivity index (χ4v) is 4.85.